The fourth-order valence-electron chi connectivity index (χ4n) is 1.78. The molecule has 0 aliphatic carbocycles. The molecule has 0 heterocycles. The maximum atomic E-state index is 13.6. The van der Waals surface area contributed by atoms with Crippen LogP contribution in [0.15, 0.2) is 0 Å². The van der Waals surface area contributed by atoms with E-state index >= 15 is 0 Å². The van der Waals surface area contributed by atoms with Crippen LogP contribution >= 0.6 is 7.68 Å². The first-order valence-corrected chi connectivity index (χ1v) is 7.94. The van der Waals surface area contributed by atoms with Crippen molar-refractivity contribution in [2.75, 3.05) is 6.16 Å². The molecular weight excluding hydrogens is 226 g/mol. The van der Waals surface area contributed by atoms with Crippen molar-refractivity contribution in [2.24, 2.45) is 11.8 Å². The zero-order valence-corrected chi connectivity index (χ0v) is 12.1. The lowest BCUT2D eigenvalue weighted by molar-refractivity contribution is 0.141. The van der Waals surface area contributed by atoms with Crippen molar-refractivity contribution in [1.82, 2.24) is 0 Å². The molecular formula is C12H26FO2P. The number of rotatable bonds is 8. The second-order valence-corrected chi connectivity index (χ2v) is 7.14. The highest BCUT2D eigenvalue weighted by molar-refractivity contribution is 7.53. The molecule has 0 saturated carbocycles. The summed E-state index contributed by atoms with van der Waals surface area (Å²) in [6, 6.07) is 0. The summed E-state index contributed by atoms with van der Waals surface area (Å²) in [5, 5.41) is 0. The van der Waals surface area contributed by atoms with Gasteiger partial charge in [0.2, 0.25) is 0 Å². The van der Waals surface area contributed by atoms with Gasteiger partial charge in [-0.1, -0.05) is 34.6 Å². The van der Waals surface area contributed by atoms with E-state index in [1.807, 2.05) is 6.92 Å². The molecule has 0 aromatic heterocycles. The Labute approximate surface area is 99.5 Å². The monoisotopic (exact) mass is 252 g/mol. The molecule has 0 amide bonds. The molecule has 0 aromatic rings. The third kappa shape index (κ3) is 8.29. The van der Waals surface area contributed by atoms with E-state index < -0.39 is 7.68 Å². The van der Waals surface area contributed by atoms with Gasteiger partial charge >= 0.3 is 7.68 Å². The molecule has 0 aliphatic rings. The van der Waals surface area contributed by atoms with Gasteiger partial charge in [-0.15, -0.1) is 0 Å². The van der Waals surface area contributed by atoms with Crippen molar-refractivity contribution in [3.8, 4) is 0 Å². The van der Waals surface area contributed by atoms with Crippen LogP contribution < -0.4 is 0 Å². The van der Waals surface area contributed by atoms with Crippen LogP contribution in [0.2, 0.25) is 0 Å². The summed E-state index contributed by atoms with van der Waals surface area (Å²) in [4.78, 5) is 0. The van der Waals surface area contributed by atoms with Crippen LogP contribution in [0.25, 0.3) is 0 Å². The van der Waals surface area contributed by atoms with Gasteiger partial charge in [0.05, 0.1) is 12.3 Å². The van der Waals surface area contributed by atoms with Crippen LogP contribution in [0.5, 0.6) is 0 Å². The summed E-state index contributed by atoms with van der Waals surface area (Å²) in [6.45, 7) is 10.1. The molecule has 0 aromatic carbocycles. The van der Waals surface area contributed by atoms with Gasteiger partial charge in [0.25, 0.3) is 0 Å². The van der Waals surface area contributed by atoms with Crippen LogP contribution in [-0.4, -0.2) is 12.3 Å². The first kappa shape index (κ1) is 16.1. The Balaban J connectivity index is 4.34. The Kier molecular flexibility index (Phi) is 7.50. The SMILES string of the molecule is CCCP(=O)(F)OC(CC(C)C)CC(C)C. The van der Waals surface area contributed by atoms with E-state index in [-0.39, 0.29) is 12.3 Å². The fraction of sp³-hybridized carbons (Fsp3) is 1.00. The topological polar surface area (TPSA) is 26.3 Å². The van der Waals surface area contributed by atoms with Crippen molar-refractivity contribution in [3.05, 3.63) is 0 Å². The van der Waals surface area contributed by atoms with E-state index in [0.29, 0.717) is 18.3 Å². The Morgan fingerprint density at radius 1 is 1.12 bits per heavy atom. The zero-order chi connectivity index (χ0) is 12.8. The highest BCUT2D eigenvalue weighted by Crippen LogP contribution is 2.51. The minimum absolute atomic E-state index is 0.0414. The Bertz CT molecular complexity index is 219. The predicted octanol–water partition coefficient (Wildman–Crippen LogP) is 5.04. The Morgan fingerprint density at radius 3 is 1.88 bits per heavy atom. The third-order valence-electron chi connectivity index (χ3n) is 2.27. The summed E-state index contributed by atoms with van der Waals surface area (Å²) >= 11 is 0. The summed E-state index contributed by atoms with van der Waals surface area (Å²) in [6.07, 6.45) is 1.94. The Hall–Kier alpha value is 0.120. The predicted molar refractivity (Wildman–Crippen MR) is 67.7 cm³/mol. The molecule has 0 radical (unpaired) electrons. The second-order valence-electron chi connectivity index (χ2n) is 5.30. The van der Waals surface area contributed by atoms with Crippen LogP contribution in [0, 0.1) is 11.8 Å². The molecule has 4 heteroatoms. The van der Waals surface area contributed by atoms with Gasteiger partial charge in [-0.25, -0.2) is 0 Å². The minimum Gasteiger partial charge on any atom is -0.302 e. The van der Waals surface area contributed by atoms with Gasteiger partial charge in [-0.2, -0.15) is 4.20 Å². The van der Waals surface area contributed by atoms with E-state index in [9.17, 15) is 8.76 Å². The lowest BCUT2D eigenvalue weighted by atomic mass is 9.98. The quantitative estimate of drug-likeness (QED) is 0.566. The van der Waals surface area contributed by atoms with E-state index in [0.717, 1.165) is 12.8 Å². The first-order chi connectivity index (χ1) is 7.26. The molecule has 0 saturated heterocycles. The van der Waals surface area contributed by atoms with Crippen LogP contribution in [0.4, 0.5) is 4.20 Å². The second kappa shape index (κ2) is 7.45. The number of hydrogen-bond acceptors (Lipinski definition) is 2. The van der Waals surface area contributed by atoms with Gasteiger partial charge < -0.3 is 4.52 Å². The van der Waals surface area contributed by atoms with Gasteiger partial charge in [0, 0.05) is 0 Å². The molecule has 0 fully saturated rings. The lowest BCUT2D eigenvalue weighted by Gasteiger charge is -2.23. The molecule has 0 bridgehead atoms. The highest BCUT2D eigenvalue weighted by Gasteiger charge is 2.26. The maximum absolute atomic E-state index is 13.6. The summed E-state index contributed by atoms with van der Waals surface area (Å²) in [5.41, 5.74) is 0. The zero-order valence-electron chi connectivity index (χ0n) is 11.2. The summed E-state index contributed by atoms with van der Waals surface area (Å²) in [5.74, 6) is 0.871. The smallest absolute Gasteiger partial charge is 0.302 e. The highest BCUT2D eigenvalue weighted by atomic mass is 31.2. The third-order valence-corrected chi connectivity index (χ3v) is 3.86. The largest absolute Gasteiger partial charge is 0.367 e. The van der Waals surface area contributed by atoms with Crippen molar-refractivity contribution in [1.29, 1.82) is 0 Å². The first-order valence-electron chi connectivity index (χ1n) is 6.24. The molecule has 1 unspecified atom stereocenters. The van der Waals surface area contributed by atoms with Crippen LogP contribution in [0.1, 0.15) is 53.9 Å². The molecule has 0 rings (SSSR count). The molecule has 16 heavy (non-hydrogen) atoms. The van der Waals surface area contributed by atoms with Crippen molar-refractivity contribution in [3.63, 3.8) is 0 Å². The van der Waals surface area contributed by atoms with Crippen molar-refractivity contribution < 1.29 is 13.3 Å². The molecule has 0 N–H and O–H groups in total. The molecule has 0 aliphatic heterocycles. The molecule has 2 nitrogen and oxygen atoms in total. The van der Waals surface area contributed by atoms with Crippen LogP contribution in [-0.2, 0) is 9.09 Å². The van der Waals surface area contributed by atoms with Gasteiger partial charge in [0.1, 0.15) is 0 Å². The average molecular weight is 252 g/mol. The normalized spacial score (nSPS) is 16.1. The summed E-state index contributed by atoms with van der Waals surface area (Å²) in [7, 11) is -3.86. The van der Waals surface area contributed by atoms with Gasteiger partial charge in [-0.3, -0.25) is 4.57 Å². The fourth-order valence-corrected chi connectivity index (χ4v) is 3.03. The van der Waals surface area contributed by atoms with Crippen LogP contribution in [0.3, 0.4) is 0 Å². The average Bonchev–Trinajstić information content (AvgIpc) is 1.98. The van der Waals surface area contributed by atoms with E-state index in [2.05, 4.69) is 27.7 Å². The molecule has 1 atom stereocenters. The van der Waals surface area contributed by atoms with E-state index in [1.165, 1.54) is 0 Å². The van der Waals surface area contributed by atoms with Gasteiger partial charge in [0.15, 0.2) is 0 Å². The van der Waals surface area contributed by atoms with E-state index in [1.54, 1.807) is 0 Å². The number of halogens is 1. The minimum atomic E-state index is -3.86. The van der Waals surface area contributed by atoms with Gasteiger partial charge in [-0.05, 0) is 31.1 Å². The lowest BCUT2D eigenvalue weighted by Crippen LogP contribution is -2.16. The van der Waals surface area contributed by atoms with E-state index in [4.69, 9.17) is 4.52 Å². The van der Waals surface area contributed by atoms with Crippen molar-refractivity contribution in [2.45, 2.75) is 60.0 Å². The Morgan fingerprint density at radius 2 is 1.56 bits per heavy atom. The van der Waals surface area contributed by atoms with Crippen molar-refractivity contribution >= 4 is 7.68 Å². The summed E-state index contributed by atoms with van der Waals surface area (Å²) < 4.78 is 30.3. The number of hydrogen-bond donors (Lipinski definition) is 0. The molecule has 98 valence electrons. The standard InChI is InChI=1S/C12H26FO2P/c1-6-7-16(13,14)15-12(8-10(2)3)9-11(4)5/h10-12H,6-9H2,1-5H3. The molecule has 0 spiro atoms. The maximum Gasteiger partial charge on any atom is 0.367 e.